The van der Waals surface area contributed by atoms with E-state index in [0.29, 0.717) is 0 Å². The molecular formula is C34H44Cl2SiZr-2. The smallest absolute Gasteiger partial charge is 0.0251 e. The van der Waals surface area contributed by atoms with Crippen molar-refractivity contribution in [3.8, 4) is 0 Å². The summed E-state index contributed by atoms with van der Waals surface area (Å²) in [5.41, 5.74) is 6.22. The van der Waals surface area contributed by atoms with Crippen LogP contribution in [0.25, 0.3) is 21.5 Å². The Morgan fingerprint density at radius 2 is 0.974 bits per heavy atom. The number of fused-ring (bicyclic) bond motifs is 2. The first kappa shape index (κ1) is 33.5. The van der Waals surface area contributed by atoms with Crippen LogP contribution in [-0.4, -0.2) is 5.43 Å². The van der Waals surface area contributed by atoms with Crippen molar-refractivity contribution in [3.63, 3.8) is 0 Å². The quantitative estimate of drug-likeness (QED) is 0.221. The predicted octanol–water partition coefficient (Wildman–Crippen LogP) is 4.62. The second kappa shape index (κ2) is 16.6. The number of hydrogen-bond acceptors (Lipinski definition) is 0. The Morgan fingerprint density at radius 3 is 1.32 bits per heavy atom. The van der Waals surface area contributed by atoms with Crippen molar-refractivity contribution >= 4 is 27.0 Å². The minimum Gasteiger partial charge on any atom is -1.00 e. The molecule has 0 N–H and O–H groups in total. The molecule has 204 valence electrons. The number of hydrogen-bond donors (Lipinski definition) is 0. The molecule has 0 nitrogen and oxygen atoms in total. The molecule has 0 bridgehead atoms. The number of benzene rings is 2. The van der Waals surface area contributed by atoms with E-state index in [1.807, 2.05) is 0 Å². The molecule has 38 heavy (non-hydrogen) atoms. The number of rotatable bonds is 2. The number of halogens is 2. The fraction of sp³-hybridized carbons (Fsp3) is 0.471. The molecule has 4 heteroatoms. The molecule has 0 spiro atoms. The Balaban J connectivity index is 0.000000224. The molecule has 0 saturated heterocycles. The first-order chi connectivity index (χ1) is 17.4. The summed E-state index contributed by atoms with van der Waals surface area (Å²) < 4.78 is 0. The molecule has 2 fully saturated rings. The van der Waals surface area contributed by atoms with Crippen LogP contribution in [0.5, 0.6) is 0 Å². The first-order valence-corrected chi connectivity index (χ1v) is 20.4. The van der Waals surface area contributed by atoms with Crippen molar-refractivity contribution in [2.45, 2.75) is 103 Å². The van der Waals surface area contributed by atoms with E-state index in [9.17, 15) is 0 Å². The van der Waals surface area contributed by atoms with Gasteiger partial charge >= 0.3 is 41.9 Å². The molecule has 2 aliphatic carbocycles. The fourth-order valence-electron chi connectivity index (χ4n) is 6.36. The normalized spacial score (nSPS) is 15.9. The summed E-state index contributed by atoms with van der Waals surface area (Å²) in [6, 6.07) is 23.0. The summed E-state index contributed by atoms with van der Waals surface area (Å²) in [4.78, 5) is 0. The minimum atomic E-state index is 0. The van der Waals surface area contributed by atoms with Gasteiger partial charge in [0.1, 0.15) is 0 Å². The van der Waals surface area contributed by atoms with Gasteiger partial charge in [0.05, 0.1) is 0 Å². The summed E-state index contributed by atoms with van der Waals surface area (Å²) in [6.07, 6.45) is 14.1. The Hall–Kier alpha value is -0.660. The molecule has 2 aliphatic rings. The SMILES string of the molecule is C[Si](C)=[Zr+2].Cc1cc2c(C3CCCCC3)cccc2[cH-]1.Cc1cc2c(C3CCCCC3)cccc2[cH-]1.[Cl-].[Cl-]. The van der Waals surface area contributed by atoms with Gasteiger partial charge in [0, 0.05) is 0 Å². The van der Waals surface area contributed by atoms with Gasteiger partial charge in [0.15, 0.2) is 0 Å². The maximum Gasteiger partial charge on any atom is -0.0251 e. The molecule has 0 unspecified atom stereocenters. The van der Waals surface area contributed by atoms with Crippen LogP contribution in [0.15, 0.2) is 60.7 Å². The maximum atomic E-state index is 2.36. The molecule has 0 radical (unpaired) electrons. The van der Waals surface area contributed by atoms with Gasteiger partial charge in [-0.05, 0) is 37.5 Å². The Labute approximate surface area is 259 Å². The van der Waals surface area contributed by atoms with Crippen LogP contribution in [0.3, 0.4) is 0 Å². The van der Waals surface area contributed by atoms with Crippen molar-refractivity contribution in [1.82, 2.24) is 0 Å². The second-order valence-electron chi connectivity index (χ2n) is 11.4. The van der Waals surface area contributed by atoms with E-state index in [4.69, 9.17) is 0 Å². The van der Waals surface area contributed by atoms with Crippen LogP contribution in [0.4, 0.5) is 0 Å². The van der Waals surface area contributed by atoms with E-state index in [1.165, 1.54) is 96.9 Å². The van der Waals surface area contributed by atoms with Crippen LogP contribution in [0.1, 0.15) is 98.3 Å². The monoisotopic (exact) mass is 640 g/mol. The van der Waals surface area contributed by atoms with E-state index in [-0.39, 0.29) is 30.2 Å². The Bertz CT molecular complexity index is 1170. The zero-order valence-electron chi connectivity index (χ0n) is 23.8. The maximum absolute atomic E-state index is 2.36. The van der Waals surface area contributed by atoms with Crippen LogP contribution in [0, 0.1) is 13.8 Å². The third-order valence-electron chi connectivity index (χ3n) is 7.95. The van der Waals surface area contributed by atoms with Crippen molar-refractivity contribution in [2.24, 2.45) is 0 Å². The largest absolute Gasteiger partial charge is 1.00 e. The van der Waals surface area contributed by atoms with Crippen LogP contribution >= 0.6 is 0 Å². The van der Waals surface area contributed by atoms with Crippen LogP contribution in [0.2, 0.25) is 13.1 Å². The van der Waals surface area contributed by atoms with Gasteiger partial charge in [0.2, 0.25) is 0 Å². The molecule has 0 heterocycles. The molecule has 0 atom stereocenters. The van der Waals surface area contributed by atoms with Crippen LogP contribution in [-0.2, 0) is 23.3 Å². The molecule has 0 amide bonds. The third kappa shape index (κ3) is 9.19. The zero-order valence-corrected chi connectivity index (χ0v) is 28.7. The first-order valence-electron chi connectivity index (χ1n) is 14.3. The van der Waals surface area contributed by atoms with Gasteiger partial charge < -0.3 is 24.8 Å². The fourth-order valence-corrected chi connectivity index (χ4v) is 6.36. The topological polar surface area (TPSA) is 0 Å². The third-order valence-corrected chi connectivity index (χ3v) is 7.95. The van der Waals surface area contributed by atoms with Gasteiger partial charge in [0.25, 0.3) is 0 Å². The number of aryl methyl sites for hydroxylation is 2. The molecule has 4 aromatic carbocycles. The molecule has 4 aromatic rings. The average molecular weight is 643 g/mol. The molecule has 6 rings (SSSR count). The van der Waals surface area contributed by atoms with E-state index < -0.39 is 0 Å². The van der Waals surface area contributed by atoms with Gasteiger partial charge in [-0.2, -0.15) is 12.1 Å². The molecule has 0 aliphatic heterocycles. The minimum absolute atomic E-state index is 0. The molecule has 2 saturated carbocycles. The Kier molecular flexibility index (Phi) is 14.6. The Morgan fingerprint density at radius 1 is 0.632 bits per heavy atom. The summed E-state index contributed by atoms with van der Waals surface area (Å²) in [5.74, 6) is 1.64. The van der Waals surface area contributed by atoms with E-state index in [0.717, 1.165) is 11.8 Å². The summed E-state index contributed by atoms with van der Waals surface area (Å²) >= 11 is 1.74. The van der Waals surface area contributed by atoms with E-state index >= 15 is 0 Å². The van der Waals surface area contributed by atoms with Gasteiger partial charge in [-0.3, -0.25) is 0 Å². The van der Waals surface area contributed by atoms with Gasteiger partial charge in [-0.1, -0.05) is 75.6 Å². The standard InChI is InChI=1S/2C16H19.C2H6Si.2ClH.Zr/c2*1-12-10-14-8-5-9-15(16(14)11-12)13-6-3-2-4-7-13;1-3-2;;;/h2*5,8-11,13H,2-4,6-7H2,1H3;1-2H3;2*1H;/q2*-1;;;;+2/p-2. The second-order valence-corrected chi connectivity index (χ2v) is 20.8. The van der Waals surface area contributed by atoms with Crippen molar-refractivity contribution in [3.05, 3.63) is 82.9 Å². The van der Waals surface area contributed by atoms with Crippen molar-refractivity contribution in [1.29, 1.82) is 0 Å². The van der Waals surface area contributed by atoms with Crippen molar-refractivity contribution < 1.29 is 48.1 Å². The van der Waals surface area contributed by atoms with E-state index in [2.05, 4.69) is 87.6 Å². The molecule has 0 aromatic heterocycles. The van der Waals surface area contributed by atoms with Crippen molar-refractivity contribution in [2.75, 3.05) is 0 Å². The average Bonchev–Trinajstić information content (AvgIpc) is 3.45. The summed E-state index contributed by atoms with van der Waals surface area (Å²) in [6.45, 7) is 9.02. The molecular weight excluding hydrogens is 599 g/mol. The van der Waals surface area contributed by atoms with E-state index in [1.54, 1.807) is 34.5 Å². The van der Waals surface area contributed by atoms with Crippen LogP contribution < -0.4 is 24.8 Å². The van der Waals surface area contributed by atoms with Gasteiger partial charge in [-0.25, -0.2) is 0 Å². The van der Waals surface area contributed by atoms with Gasteiger partial charge in [-0.15, -0.1) is 69.1 Å². The predicted molar refractivity (Wildman–Crippen MR) is 158 cm³/mol. The summed E-state index contributed by atoms with van der Waals surface area (Å²) in [5, 5.41) is 5.87. The summed E-state index contributed by atoms with van der Waals surface area (Å²) in [7, 11) is 0. The zero-order chi connectivity index (χ0) is 25.5.